The van der Waals surface area contributed by atoms with Gasteiger partial charge in [0.1, 0.15) is 12.2 Å². The fraction of sp³-hybridized carbons (Fsp3) is 0.250. The number of anilines is 1. The number of nitrogens with one attached hydrogen (secondary N) is 2. The fourth-order valence-electron chi connectivity index (χ4n) is 2.25. The molecule has 0 atom stereocenters. The first-order valence-corrected chi connectivity index (χ1v) is 8.82. The monoisotopic (exact) mass is 385 g/mol. The number of ether oxygens (including phenoxy) is 2. The zero-order valence-electron chi connectivity index (χ0n) is 15.8. The average molecular weight is 385 g/mol. The topological polar surface area (TPSA) is 109 Å². The summed E-state index contributed by atoms with van der Waals surface area (Å²) in [6, 6.07) is 11.5. The van der Waals surface area contributed by atoms with E-state index in [1.165, 1.54) is 12.3 Å². The first-order chi connectivity index (χ1) is 13.5. The van der Waals surface area contributed by atoms with Gasteiger partial charge in [0, 0.05) is 5.69 Å². The maximum absolute atomic E-state index is 11.9. The molecule has 0 unspecified atom stereocenters. The lowest BCUT2D eigenvalue weighted by atomic mass is 10.2. The van der Waals surface area contributed by atoms with Gasteiger partial charge >= 0.3 is 0 Å². The number of carbonyl (C=O) groups excluding carboxylic acids is 2. The van der Waals surface area contributed by atoms with Crippen LogP contribution in [0.25, 0.3) is 0 Å². The molecule has 2 amide bonds. The number of phenols is 1. The van der Waals surface area contributed by atoms with E-state index in [4.69, 9.17) is 9.47 Å². The van der Waals surface area contributed by atoms with Gasteiger partial charge in [-0.3, -0.25) is 9.59 Å². The van der Waals surface area contributed by atoms with E-state index in [1.54, 1.807) is 43.3 Å². The van der Waals surface area contributed by atoms with Crippen LogP contribution in [-0.4, -0.2) is 36.3 Å². The summed E-state index contributed by atoms with van der Waals surface area (Å²) in [5, 5.41) is 16.1. The summed E-state index contributed by atoms with van der Waals surface area (Å²) in [5.41, 5.74) is 3.48. The summed E-state index contributed by atoms with van der Waals surface area (Å²) in [4.78, 5) is 23.7. The van der Waals surface area contributed by atoms with Crippen LogP contribution < -0.4 is 20.2 Å². The van der Waals surface area contributed by atoms with Crippen molar-refractivity contribution in [3.63, 3.8) is 0 Å². The highest BCUT2D eigenvalue weighted by Gasteiger charge is 2.09. The fourth-order valence-corrected chi connectivity index (χ4v) is 2.25. The largest absolute Gasteiger partial charge is 0.504 e. The van der Waals surface area contributed by atoms with E-state index in [0.29, 0.717) is 36.0 Å². The van der Waals surface area contributed by atoms with Crippen molar-refractivity contribution in [1.82, 2.24) is 5.43 Å². The van der Waals surface area contributed by atoms with E-state index < -0.39 is 11.8 Å². The number of benzene rings is 2. The second-order valence-corrected chi connectivity index (χ2v) is 5.64. The molecule has 0 radical (unpaired) electrons. The quantitative estimate of drug-likeness (QED) is 0.349. The predicted molar refractivity (Wildman–Crippen MR) is 106 cm³/mol. The van der Waals surface area contributed by atoms with Gasteiger partial charge in [-0.15, -0.1) is 0 Å². The Bertz CT molecular complexity index is 834. The minimum absolute atomic E-state index is 0.0222. The van der Waals surface area contributed by atoms with E-state index in [0.717, 1.165) is 0 Å². The molecule has 0 saturated carbocycles. The highest BCUT2D eigenvalue weighted by Crippen LogP contribution is 2.26. The van der Waals surface area contributed by atoms with Crippen LogP contribution in [0.15, 0.2) is 47.6 Å². The molecule has 0 aliphatic carbocycles. The number of hydrazone groups is 1. The molecule has 2 aromatic carbocycles. The molecule has 8 heteroatoms. The Morgan fingerprint density at radius 1 is 1.04 bits per heavy atom. The number of hydrogen-bond donors (Lipinski definition) is 3. The number of nitrogens with zero attached hydrogens (tertiary/aromatic N) is 1. The molecule has 2 rings (SSSR count). The van der Waals surface area contributed by atoms with Crippen LogP contribution in [0.1, 0.15) is 25.8 Å². The molecule has 148 valence electrons. The molecule has 0 saturated heterocycles. The van der Waals surface area contributed by atoms with E-state index in [9.17, 15) is 14.7 Å². The highest BCUT2D eigenvalue weighted by atomic mass is 16.5. The number of phenolic OH excluding ortho intramolecular Hbond substituents is 1. The normalized spacial score (nSPS) is 10.5. The van der Waals surface area contributed by atoms with Gasteiger partial charge < -0.3 is 19.9 Å². The van der Waals surface area contributed by atoms with Gasteiger partial charge in [0.25, 0.3) is 0 Å². The third-order valence-corrected chi connectivity index (χ3v) is 3.46. The van der Waals surface area contributed by atoms with E-state index in [1.807, 2.05) is 6.92 Å². The Morgan fingerprint density at radius 2 is 1.75 bits per heavy atom. The molecule has 28 heavy (non-hydrogen) atoms. The van der Waals surface area contributed by atoms with Crippen molar-refractivity contribution in [3.05, 3.63) is 48.0 Å². The van der Waals surface area contributed by atoms with Crippen molar-refractivity contribution in [1.29, 1.82) is 0 Å². The SMILES string of the molecule is CCOc1ccc(NC(=O)CC(=O)NN=Cc2ccc(O)c(OCC)c2)cc1. The second kappa shape index (κ2) is 10.6. The summed E-state index contributed by atoms with van der Waals surface area (Å²) < 4.78 is 10.6. The van der Waals surface area contributed by atoms with Crippen LogP contribution in [0.3, 0.4) is 0 Å². The standard InChI is InChI=1S/C20H23N3O5/c1-3-27-16-8-6-15(7-9-16)22-19(25)12-20(26)23-21-13-14-5-10-17(24)18(11-14)28-4-2/h5-11,13,24H,3-4,12H2,1-2H3,(H,22,25)(H,23,26). The van der Waals surface area contributed by atoms with E-state index >= 15 is 0 Å². The Balaban J connectivity index is 1.82. The number of rotatable bonds is 9. The van der Waals surface area contributed by atoms with Gasteiger partial charge in [-0.1, -0.05) is 0 Å². The highest BCUT2D eigenvalue weighted by molar-refractivity contribution is 6.03. The Hall–Kier alpha value is -3.55. The van der Waals surface area contributed by atoms with Crippen LogP contribution >= 0.6 is 0 Å². The summed E-state index contributed by atoms with van der Waals surface area (Å²) in [7, 11) is 0. The molecule has 3 N–H and O–H groups in total. The molecule has 0 heterocycles. The van der Waals surface area contributed by atoms with Crippen molar-refractivity contribution in [2.75, 3.05) is 18.5 Å². The first kappa shape index (κ1) is 20.8. The van der Waals surface area contributed by atoms with Crippen molar-refractivity contribution >= 4 is 23.7 Å². The zero-order chi connectivity index (χ0) is 20.4. The molecule has 0 aliphatic rings. The van der Waals surface area contributed by atoms with E-state index in [2.05, 4.69) is 15.8 Å². The number of aromatic hydroxyl groups is 1. The van der Waals surface area contributed by atoms with Gasteiger partial charge in [-0.2, -0.15) is 5.10 Å². The van der Waals surface area contributed by atoms with Crippen LogP contribution in [0.4, 0.5) is 5.69 Å². The van der Waals surface area contributed by atoms with Crippen molar-refractivity contribution < 1.29 is 24.2 Å². The molecule has 2 aromatic rings. The van der Waals surface area contributed by atoms with Crippen molar-refractivity contribution in [2.24, 2.45) is 5.10 Å². The number of hydrogen-bond acceptors (Lipinski definition) is 6. The summed E-state index contributed by atoms with van der Waals surface area (Å²) in [5.74, 6) is 0.0411. The minimum Gasteiger partial charge on any atom is -0.504 e. The molecule has 0 spiro atoms. The molecule has 0 aromatic heterocycles. The molecule has 0 aliphatic heterocycles. The third kappa shape index (κ3) is 6.64. The van der Waals surface area contributed by atoms with Crippen molar-refractivity contribution in [2.45, 2.75) is 20.3 Å². The lowest BCUT2D eigenvalue weighted by Gasteiger charge is -2.07. The molecule has 0 bridgehead atoms. The van der Waals surface area contributed by atoms with Crippen LogP contribution in [0, 0.1) is 0 Å². The smallest absolute Gasteiger partial charge is 0.249 e. The number of carbonyl (C=O) groups is 2. The molecule has 0 fully saturated rings. The molecule has 8 nitrogen and oxygen atoms in total. The first-order valence-electron chi connectivity index (χ1n) is 8.82. The van der Waals surface area contributed by atoms with Gasteiger partial charge in [0.2, 0.25) is 11.8 Å². The maximum atomic E-state index is 11.9. The Morgan fingerprint density at radius 3 is 2.43 bits per heavy atom. The zero-order valence-corrected chi connectivity index (χ0v) is 15.8. The lowest BCUT2D eigenvalue weighted by Crippen LogP contribution is -2.24. The Kier molecular flexibility index (Phi) is 7.83. The summed E-state index contributed by atoms with van der Waals surface area (Å²) in [6.45, 7) is 4.66. The minimum atomic E-state index is -0.552. The van der Waals surface area contributed by atoms with Gasteiger partial charge in [0.15, 0.2) is 11.5 Å². The maximum Gasteiger partial charge on any atom is 0.249 e. The van der Waals surface area contributed by atoms with Crippen molar-refractivity contribution in [3.8, 4) is 17.2 Å². The predicted octanol–water partition coefficient (Wildman–Crippen LogP) is 2.67. The second-order valence-electron chi connectivity index (χ2n) is 5.64. The van der Waals surface area contributed by atoms with Gasteiger partial charge in [-0.05, 0) is 61.9 Å². The average Bonchev–Trinajstić information content (AvgIpc) is 2.66. The summed E-state index contributed by atoms with van der Waals surface area (Å²) in [6.07, 6.45) is 1.02. The van der Waals surface area contributed by atoms with Crippen LogP contribution in [-0.2, 0) is 9.59 Å². The molecular weight excluding hydrogens is 362 g/mol. The lowest BCUT2D eigenvalue weighted by molar-refractivity contribution is -0.126. The van der Waals surface area contributed by atoms with Gasteiger partial charge in [-0.25, -0.2) is 5.43 Å². The Labute approximate surface area is 163 Å². The third-order valence-electron chi connectivity index (χ3n) is 3.46. The van der Waals surface area contributed by atoms with Crippen LogP contribution in [0.5, 0.6) is 17.2 Å². The van der Waals surface area contributed by atoms with E-state index in [-0.39, 0.29) is 12.2 Å². The molecular formula is C20H23N3O5. The number of amides is 2. The van der Waals surface area contributed by atoms with Gasteiger partial charge in [0.05, 0.1) is 19.4 Å². The van der Waals surface area contributed by atoms with Crippen LogP contribution in [0.2, 0.25) is 0 Å². The summed E-state index contributed by atoms with van der Waals surface area (Å²) >= 11 is 0.